The number of nitrogens with zero attached hydrogens (tertiary/aromatic N) is 1. The summed E-state index contributed by atoms with van der Waals surface area (Å²) in [6.45, 7) is 3.15. The minimum atomic E-state index is 0.256. The Labute approximate surface area is 108 Å². The Hall–Kier alpha value is -1.51. The van der Waals surface area contributed by atoms with Crippen molar-refractivity contribution in [3.8, 4) is 0 Å². The monoisotopic (exact) mass is 244 g/mol. The van der Waals surface area contributed by atoms with E-state index in [9.17, 15) is 4.79 Å². The highest BCUT2D eigenvalue weighted by Gasteiger charge is 2.28. The molecule has 1 aromatic carbocycles. The molecule has 1 heterocycles. The van der Waals surface area contributed by atoms with Crippen LogP contribution in [0.2, 0.25) is 0 Å². The number of nitrogens with one attached hydrogen (secondary N) is 1. The second-order valence-electron chi connectivity index (χ2n) is 5.58. The van der Waals surface area contributed by atoms with Crippen molar-refractivity contribution in [2.24, 2.45) is 5.92 Å². The van der Waals surface area contributed by atoms with Crippen LogP contribution in [0.25, 0.3) is 0 Å². The zero-order valence-electron chi connectivity index (χ0n) is 10.9. The number of rotatable bonds is 3. The van der Waals surface area contributed by atoms with Crippen molar-refractivity contribution in [1.82, 2.24) is 0 Å². The predicted molar refractivity (Wildman–Crippen MR) is 73.8 cm³/mol. The zero-order valence-corrected chi connectivity index (χ0v) is 10.9. The maximum absolute atomic E-state index is 11.8. The fourth-order valence-electron chi connectivity index (χ4n) is 2.97. The molecule has 3 rings (SSSR count). The molecule has 0 bridgehead atoms. The molecule has 96 valence electrons. The molecule has 0 radical (unpaired) electrons. The van der Waals surface area contributed by atoms with Crippen molar-refractivity contribution in [3.63, 3.8) is 0 Å². The minimum absolute atomic E-state index is 0.256. The first kappa shape index (κ1) is 11.6. The third-order valence-electron chi connectivity index (χ3n) is 4.00. The molecule has 3 heteroatoms. The van der Waals surface area contributed by atoms with Gasteiger partial charge in [0.15, 0.2) is 0 Å². The summed E-state index contributed by atoms with van der Waals surface area (Å²) in [4.78, 5) is 13.8. The van der Waals surface area contributed by atoms with Crippen molar-refractivity contribution >= 4 is 17.3 Å². The molecule has 0 aromatic heterocycles. The Bertz CT molecular complexity index is 452. The second kappa shape index (κ2) is 4.63. The molecule has 1 saturated carbocycles. The van der Waals surface area contributed by atoms with Crippen LogP contribution in [-0.2, 0) is 4.79 Å². The van der Waals surface area contributed by atoms with Gasteiger partial charge >= 0.3 is 0 Å². The van der Waals surface area contributed by atoms with Crippen molar-refractivity contribution in [3.05, 3.63) is 24.3 Å². The van der Waals surface area contributed by atoms with E-state index in [1.54, 1.807) is 0 Å². The average Bonchev–Trinajstić information content (AvgIpc) is 2.74. The summed E-state index contributed by atoms with van der Waals surface area (Å²) in [5.41, 5.74) is 2.17. The summed E-state index contributed by atoms with van der Waals surface area (Å²) < 4.78 is 0. The summed E-state index contributed by atoms with van der Waals surface area (Å²) in [7, 11) is 0. The van der Waals surface area contributed by atoms with Gasteiger partial charge in [-0.15, -0.1) is 0 Å². The molecule has 1 saturated heterocycles. The van der Waals surface area contributed by atoms with Crippen LogP contribution < -0.4 is 10.2 Å². The number of benzene rings is 1. The molecule has 0 atom stereocenters. The van der Waals surface area contributed by atoms with E-state index in [0.717, 1.165) is 30.3 Å². The Morgan fingerprint density at radius 1 is 1.28 bits per heavy atom. The predicted octanol–water partition coefficient (Wildman–Crippen LogP) is 3.02. The van der Waals surface area contributed by atoms with Crippen molar-refractivity contribution in [1.29, 1.82) is 0 Å². The van der Waals surface area contributed by atoms with Crippen LogP contribution in [0.1, 0.15) is 32.6 Å². The Morgan fingerprint density at radius 3 is 2.72 bits per heavy atom. The normalized spacial score (nSPS) is 27.2. The number of hydrogen-bond donors (Lipinski definition) is 1. The SMILES string of the molecule is CC1CC(Nc2ccccc2N2CCCC2=O)C1. The van der Waals surface area contributed by atoms with E-state index >= 15 is 0 Å². The van der Waals surface area contributed by atoms with E-state index in [1.807, 2.05) is 23.1 Å². The van der Waals surface area contributed by atoms with Gasteiger partial charge in [-0.05, 0) is 37.3 Å². The van der Waals surface area contributed by atoms with E-state index in [1.165, 1.54) is 12.8 Å². The average molecular weight is 244 g/mol. The maximum atomic E-state index is 11.8. The van der Waals surface area contributed by atoms with Gasteiger partial charge in [-0.2, -0.15) is 0 Å². The third kappa shape index (κ3) is 2.09. The lowest BCUT2D eigenvalue weighted by atomic mass is 9.82. The fraction of sp³-hybridized carbons (Fsp3) is 0.533. The van der Waals surface area contributed by atoms with Crippen LogP contribution in [-0.4, -0.2) is 18.5 Å². The number of para-hydroxylation sites is 2. The minimum Gasteiger partial charge on any atom is -0.381 e. The molecule has 1 aromatic rings. The lowest BCUT2D eigenvalue weighted by Gasteiger charge is -2.35. The van der Waals surface area contributed by atoms with E-state index in [0.29, 0.717) is 12.5 Å². The molecule has 0 spiro atoms. The van der Waals surface area contributed by atoms with Crippen LogP contribution in [0.3, 0.4) is 0 Å². The smallest absolute Gasteiger partial charge is 0.227 e. The lowest BCUT2D eigenvalue weighted by molar-refractivity contribution is -0.117. The van der Waals surface area contributed by atoms with Crippen LogP contribution in [0, 0.1) is 5.92 Å². The topological polar surface area (TPSA) is 32.3 Å². The molecule has 1 N–H and O–H groups in total. The Morgan fingerprint density at radius 2 is 2.06 bits per heavy atom. The zero-order chi connectivity index (χ0) is 12.5. The highest BCUT2D eigenvalue weighted by atomic mass is 16.2. The van der Waals surface area contributed by atoms with Gasteiger partial charge in [-0.3, -0.25) is 4.79 Å². The van der Waals surface area contributed by atoms with E-state index in [2.05, 4.69) is 18.3 Å². The largest absolute Gasteiger partial charge is 0.381 e. The Balaban J connectivity index is 1.79. The summed E-state index contributed by atoms with van der Waals surface area (Å²) in [5, 5.41) is 3.58. The van der Waals surface area contributed by atoms with Crippen LogP contribution in [0.4, 0.5) is 11.4 Å². The van der Waals surface area contributed by atoms with Gasteiger partial charge in [0.25, 0.3) is 0 Å². The lowest BCUT2D eigenvalue weighted by Crippen LogP contribution is -2.34. The van der Waals surface area contributed by atoms with E-state index in [-0.39, 0.29) is 5.91 Å². The van der Waals surface area contributed by atoms with Crippen molar-refractivity contribution in [2.45, 2.75) is 38.6 Å². The molecule has 1 amide bonds. The first-order chi connectivity index (χ1) is 8.74. The molecular weight excluding hydrogens is 224 g/mol. The number of carbonyl (C=O) groups is 1. The second-order valence-corrected chi connectivity index (χ2v) is 5.58. The van der Waals surface area contributed by atoms with Gasteiger partial charge in [0, 0.05) is 19.0 Å². The summed E-state index contributed by atoms with van der Waals surface area (Å²) >= 11 is 0. The first-order valence-electron chi connectivity index (χ1n) is 6.90. The molecule has 2 aliphatic rings. The number of amides is 1. The standard InChI is InChI=1S/C15H20N2O/c1-11-9-12(10-11)16-13-5-2-3-6-14(13)17-8-4-7-15(17)18/h2-3,5-6,11-12,16H,4,7-10H2,1H3. The van der Waals surface area contributed by atoms with Gasteiger partial charge in [-0.1, -0.05) is 19.1 Å². The summed E-state index contributed by atoms with van der Waals surface area (Å²) in [6, 6.07) is 8.76. The Kier molecular flexibility index (Phi) is 2.98. The summed E-state index contributed by atoms with van der Waals surface area (Å²) in [5.74, 6) is 1.09. The number of hydrogen-bond acceptors (Lipinski definition) is 2. The highest BCUT2D eigenvalue weighted by molar-refractivity contribution is 5.98. The number of carbonyl (C=O) groups excluding carboxylic acids is 1. The highest BCUT2D eigenvalue weighted by Crippen LogP contribution is 2.34. The van der Waals surface area contributed by atoms with Gasteiger partial charge < -0.3 is 10.2 Å². The molecule has 2 fully saturated rings. The van der Waals surface area contributed by atoms with E-state index < -0.39 is 0 Å². The van der Waals surface area contributed by atoms with Crippen LogP contribution in [0.15, 0.2) is 24.3 Å². The number of anilines is 2. The van der Waals surface area contributed by atoms with E-state index in [4.69, 9.17) is 0 Å². The third-order valence-corrected chi connectivity index (χ3v) is 4.00. The molecule has 1 aliphatic heterocycles. The maximum Gasteiger partial charge on any atom is 0.227 e. The van der Waals surface area contributed by atoms with Crippen LogP contribution in [0.5, 0.6) is 0 Å². The first-order valence-corrected chi connectivity index (χ1v) is 6.90. The molecule has 1 aliphatic carbocycles. The van der Waals surface area contributed by atoms with Gasteiger partial charge in [-0.25, -0.2) is 0 Å². The van der Waals surface area contributed by atoms with Crippen molar-refractivity contribution in [2.75, 3.05) is 16.8 Å². The van der Waals surface area contributed by atoms with Gasteiger partial charge in [0.05, 0.1) is 11.4 Å². The van der Waals surface area contributed by atoms with Crippen LogP contribution >= 0.6 is 0 Å². The molecular formula is C15H20N2O. The summed E-state index contributed by atoms with van der Waals surface area (Å²) in [6.07, 6.45) is 4.15. The molecule has 3 nitrogen and oxygen atoms in total. The van der Waals surface area contributed by atoms with Crippen molar-refractivity contribution < 1.29 is 4.79 Å². The fourth-order valence-corrected chi connectivity index (χ4v) is 2.97. The molecule has 0 unspecified atom stereocenters. The quantitative estimate of drug-likeness (QED) is 0.886. The molecule has 18 heavy (non-hydrogen) atoms. The van der Waals surface area contributed by atoms with Gasteiger partial charge in [0.2, 0.25) is 5.91 Å². The van der Waals surface area contributed by atoms with Gasteiger partial charge in [0.1, 0.15) is 0 Å².